The van der Waals surface area contributed by atoms with Crippen LogP contribution in [-0.4, -0.2) is 20.8 Å². The SMILES string of the molecule is CCC1CCC(N)C(S(=O)C(C)C(C)C)C1. The highest BCUT2D eigenvalue weighted by Crippen LogP contribution is 2.31. The van der Waals surface area contributed by atoms with Crippen LogP contribution in [0.1, 0.15) is 53.4 Å². The first-order valence-corrected chi connectivity index (χ1v) is 7.89. The Kier molecular flexibility index (Phi) is 5.45. The molecule has 1 fully saturated rings. The number of hydrogen-bond acceptors (Lipinski definition) is 2. The van der Waals surface area contributed by atoms with E-state index in [-0.39, 0.29) is 16.5 Å². The molecule has 2 nitrogen and oxygen atoms in total. The van der Waals surface area contributed by atoms with E-state index in [1.165, 1.54) is 12.8 Å². The van der Waals surface area contributed by atoms with Gasteiger partial charge in [-0.15, -0.1) is 0 Å². The number of rotatable bonds is 4. The molecule has 0 spiro atoms. The average molecular weight is 245 g/mol. The minimum Gasteiger partial charge on any atom is -0.327 e. The summed E-state index contributed by atoms with van der Waals surface area (Å²) in [4.78, 5) is 0. The summed E-state index contributed by atoms with van der Waals surface area (Å²) in [5.41, 5.74) is 6.14. The van der Waals surface area contributed by atoms with Gasteiger partial charge in [-0.25, -0.2) is 0 Å². The van der Waals surface area contributed by atoms with E-state index in [1.807, 2.05) is 0 Å². The van der Waals surface area contributed by atoms with Gasteiger partial charge in [0.1, 0.15) is 0 Å². The number of hydrogen-bond donors (Lipinski definition) is 1. The normalized spacial score (nSPS) is 35.0. The first kappa shape index (κ1) is 14.2. The third kappa shape index (κ3) is 3.30. The van der Waals surface area contributed by atoms with E-state index in [0.717, 1.165) is 18.8 Å². The second-order valence-corrected chi connectivity index (χ2v) is 7.57. The quantitative estimate of drug-likeness (QED) is 0.827. The molecule has 0 amide bonds. The maximum absolute atomic E-state index is 12.4. The van der Waals surface area contributed by atoms with Crippen LogP contribution >= 0.6 is 0 Å². The smallest absolute Gasteiger partial charge is 0.0504 e. The van der Waals surface area contributed by atoms with Crippen LogP contribution in [0.2, 0.25) is 0 Å². The minimum absolute atomic E-state index is 0.157. The molecule has 1 rings (SSSR count). The lowest BCUT2D eigenvalue weighted by Gasteiger charge is -2.35. The zero-order chi connectivity index (χ0) is 12.3. The van der Waals surface area contributed by atoms with Crippen LogP contribution in [0.3, 0.4) is 0 Å². The van der Waals surface area contributed by atoms with E-state index in [1.54, 1.807) is 0 Å². The third-order valence-corrected chi connectivity index (χ3v) is 6.55. The highest BCUT2D eigenvalue weighted by atomic mass is 32.2. The molecule has 5 unspecified atom stereocenters. The average Bonchev–Trinajstić information content (AvgIpc) is 2.27. The zero-order valence-electron chi connectivity index (χ0n) is 11.1. The lowest BCUT2D eigenvalue weighted by Crippen LogP contribution is -2.45. The lowest BCUT2D eigenvalue weighted by atomic mass is 9.84. The van der Waals surface area contributed by atoms with Crippen molar-refractivity contribution in [3.8, 4) is 0 Å². The van der Waals surface area contributed by atoms with Crippen LogP contribution in [0.5, 0.6) is 0 Å². The first-order chi connectivity index (χ1) is 7.47. The summed E-state index contributed by atoms with van der Waals surface area (Å²) in [5.74, 6) is 1.23. The molecule has 0 bridgehead atoms. The van der Waals surface area contributed by atoms with E-state index >= 15 is 0 Å². The molecule has 0 saturated heterocycles. The molecule has 0 radical (unpaired) electrons. The molecule has 1 saturated carbocycles. The molecule has 0 heterocycles. The van der Waals surface area contributed by atoms with E-state index in [4.69, 9.17) is 5.73 Å². The molecule has 5 atom stereocenters. The molecule has 1 aliphatic rings. The third-order valence-electron chi connectivity index (χ3n) is 4.13. The van der Waals surface area contributed by atoms with Crippen molar-refractivity contribution in [3.63, 3.8) is 0 Å². The van der Waals surface area contributed by atoms with E-state index in [9.17, 15) is 4.21 Å². The van der Waals surface area contributed by atoms with Crippen molar-refractivity contribution < 1.29 is 4.21 Å². The Balaban J connectivity index is 2.65. The summed E-state index contributed by atoms with van der Waals surface area (Å²) in [7, 11) is -0.759. The van der Waals surface area contributed by atoms with Crippen LogP contribution in [0.25, 0.3) is 0 Å². The van der Waals surface area contributed by atoms with Crippen molar-refractivity contribution >= 4 is 10.8 Å². The maximum Gasteiger partial charge on any atom is 0.0504 e. The van der Waals surface area contributed by atoms with Gasteiger partial charge in [-0.3, -0.25) is 4.21 Å². The summed E-state index contributed by atoms with van der Waals surface area (Å²) < 4.78 is 12.4. The highest BCUT2D eigenvalue weighted by molar-refractivity contribution is 7.86. The summed E-state index contributed by atoms with van der Waals surface area (Å²) in [5, 5.41) is 0.503. The van der Waals surface area contributed by atoms with Crippen molar-refractivity contribution in [1.29, 1.82) is 0 Å². The van der Waals surface area contributed by atoms with Gasteiger partial charge in [0, 0.05) is 22.1 Å². The second-order valence-electron chi connectivity index (χ2n) is 5.57. The molecule has 2 N–H and O–H groups in total. The van der Waals surface area contributed by atoms with Crippen molar-refractivity contribution in [1.82, 2.24) is 0 Å². The Morgan fingerprint density at radius 2 is 1.94 bits per heavy atom. The van der Waals surface area contributed by atoms with Gasteiger partial charge in [0.15, 0.2) is 0 Å². The number of nitrogens with two attached hydrogens (primary N) is 1. The monoisotopic (exact) mass is 245 g/mol. The summed E-state index contributed by atoms with van der Waals surface area (Å²) in [6.45, 7) is 8.62. The van der Waals surface area contributed by atoms with Crippen LogP contribution in [0.4, 0.5) is 0 Å². The topological polar surface area (TPSA) is 43.1 Å². The van der Waals surface area contributed by atoms with Crippen LogP contribution in [0.15, 0.2) is 0 Å². The Labute approximate surface area is 103 Å². The van der Waals surface area contributed by atoms with Crippen molar-refractivity contribution in [2.45, 2.75) is 69.9 Å². The van der Waals surface area contributed by atoms with Crippen molar-refractivity contribution in [2.24, 2.45) is 17.6 Å². The predicted molar refractivity (Wildman–Crippen MR) is 71.8 cm³/mol. The minimum atomic E-state index is -0.759. The highest BCUT2D eigenvalue weighted by Gasteiger charge is 2.34. The molecule has 0 aliphatic heterocycles. The van der Waals surface area contributed by atoms with E-state index in [2.05, 4.69) is 27.7 Å². The van der Waals surface area contributed by atoms with Gasteiger partial charge >= 0.3 is 0 Å². The molecular weight excluding hydrogens is 218 g/mol. The maximum atomic E-state index is 12.4. The van der Waals surface area contributed by atoms with Gasteiger partial charge in [0.25, 0.3) is 0 Å². The van der Waals surface area contributed by atoms with Crippen molar-refractivity contribution in [3.05, 3.63) is 0 Å². The lowest BCUT2D eigenvalue weighted by molar-refractivity contribution is 0.322. The molecule has 0 aromatic heterocycles. The van der Waals surface area contributed by atoms with E-state index in [0.29, 0.717) is 5.92 Å². The Bertz CT molecular complexity index is 242. The fourth-order valence-corrected chi connectivity index (χ4v) is 4.45. The molecule has 16 heavy (non-hydrogen) atoms. The second kappa shape index (κ2) is 6.15. The summed E-state index contributed by atoms with van der Waals surface area (Å²) >= 11 is 0. The van der Waals surface area contributed by atoms with Crippen LogP contribution < -0.4 is 5.73 Å². The van der Waals surface area contributed by atoms with Crippen molar-refractivity contribution in [2.75, 3.05) is 0 Å². The van der Waals surface area contributed by atoms with Crippen LogP contribution in [0, 0.1) is 11.8 Å². The van der Waals surface area contributed by atoms with Gasteiger partial charge in [0.05, 0.1) is 5.25 Å². The van der Waals surface area contributed by atoms with Gasteiger partial charge in [0.2, 0.25) is 0 Å². The molecule has 3 heteroatoms. The van der Waals surface area contributed by atoms with Gasteiger partial charge in [-0.05, 0) is 31.1 Å². The molecular formula is C13H27NOS. The molecule has 96 valence electrons. The predicted octanol–water partition coefficient (Wildman–Crippen LogP) is 2.69. The molecule has 1 aliphatic carbocycles. The molecule has 0 aromatic carbocycles. The largest absolute Gasteiger partial charge is 0.327 e. The zero-order valence-corrected chi connectivity index (χ0v) is 11.9. The van der Waals surface area contributed by atoms with Gasteiger partial charge in [-0.2, -0.15) is 0 Å². The molecule has 0 aromatic rings. The Morgan fingerprint density at radius 3 is 2.44 bits per heavy atom. The van der Waals surface area contributed by atoms with E-state index < -0.39 is 10.8 Å². The van der Waals surface area contributed by atoms with Gasteiger partial charge < -0.3 is 5.73 Å². The first-order valence-electron chi connectivity index (χ1n) is 6.62. The van der Waals surface area contributed by atoms with Crippen LogP contribution in [-0.2, 0) is 10.8 Å². The standard InChI is InChI=1S/C13H27NOS/c1-5-11-6-7-12(14)13(8-11)16(15)10(4)9(2)3/h9-13H,5-8,14H2,1-4H3. The Hall–Kier alpha value is 0.110. The Morgan fingerprint density at radius 1 is 1.31 bits per heavy atom. The fourth-order valence-electron chi connectivity index (χ4n) is 2.42. The van der Waals surface area contributed by atoms with Gasteiger partial charge in [-0.1, -0.05) is 34.1 Å². The summed E-state index contributed by atoms with van der Waals surface area (Å²) in [6.07, 6.45) is 4.55. The summed E-state index contributed by atoms with van der Waals surface area (Å²) in [6, 6.07) is 0.157. The fraction of sp³-hybridized carbons (Fsp3) is 1.00.